The summed E-state index contributed by atoms with van der Waals surface area (Å²) < 4.78 is 27.0. The molecule has 0 saturated carbocycles. The molecule has 4 amide bonds. The molecule has 2 aliphatic rings. The van der Waals surface area contributed by atoms with Gasteiger partial charge in [0.15, 0.2) is 0 Å². The van der Waals surface area contributed by atoms with E-state index in [9.17, 15) is 28.8 Å². The van der Waals surface area contributed by atoms with Crippen LogP contribution in [-0.4, -0.2) is 52.6 Å². The van der Waals surface area contributed by atoms with Crippen molar-refractivity contribution >= 4 is 40.9 Å². The zero-order valence-corrected chi connectivity index (χ0v) is 32.0. The number of nitrogens with zero attached hydrogens (tertiary/aromatic N) is 3. The van der Waals surface area contributed by atoms with E-state index < -0.39 is 29.7 Å². The minimum Gasteiger partial charge on any atom is -0.489 e. The highest BCUT2D eigenvalue weighted by Gasteiger charge is 2.45. The van der Waals surface area contributed by atoms with Gasteiger partial charge >= 0.3 is 0 Å². The Morgan fingerprint density at radius 1 is 0.862 bits per heavy atom. The van der Waals surface area contributed by atoms with Gasteiger partial charge in [-0.2, -0.15) is 5.26 Å². The van der Waals surface area contributed by atoms with Crippen molar-refractivity contribution in [2.24, 2.45) is 0 Å². The quantitative estimate of drug-likeness (QED) is 0.0703. The van der Waals surface area contributed by atoms with Crippen LogP contribution in [0.2, 0.25) is 5.02 Å². The van der Waals surface area contributed by atoms with Crippen LogP contribution in [0, 0.1) is 17.1 Å². The number of carbonyl (C=O) groups is 4. The first-order valence-corrected chi connectivity index (χ1v) is 19.1. The van der Waals surface area contributed by atoms with E-state index in [1.807, 2.05) is 24.3 Å². The number of hydrogen-bond donors (Lipinski definition) is 3. The molecule has 3 N–H and O–H groups in total. The highest BCUT2D eigenvalue weighted by molar-refractivity contribution is 6.34. The van der Waals surface area contributed by atoms with Crippen molar-refractivity contribution in [3.05, 3.63) is 142 Å². The molecule has 5 aromatic rings. The van der Waals surface area contributed by atoms with E-state index in [0.717, 1.165) is 28.9 Å². The van der Waals surface area contributed by atoms with Gasteiger partial charge in [-0.3, -0.25) is 34.4 Å². The average Bonchev–Trinajstić information content (AvgIpc) is 3.49. The maximum Gasteiger partial charge on any atom is 0.264 e. The standard InChI is InChI=1S/C44H38ClFN6O6/c45-41-30(7-5-9-33(41)32-8-1-2-11-35(32)46)26-57-31-14-13-29(38(20-31)58-25-28-19-27(21-47)22-49-23-28)24-48-17-3-4-18-50-36-12-6-10-34-40(36)44(56)52(43(34)55)37-15-16-39(53)51-42(37)54/h1-2,5-14,19-20,22-23,37,48,50H,3-4,15-18,24-26H2,(H,51,53,54). The average molecular weight is 801 g/mol. The van der Waals surface area contributed by atoms with Crippen LogP contribution < -0.4 is 25.4 Å². The molecule has 0 aliphatic carbocycles. The summed E-state index contributed by atoms with van der Waals surface area (Å²) in [5.41, 5.74) is 4.66. The number of benzene rings is 4. The van der Waals surface area contributed by atoms with Gasteiger partial charge in [-0.15, -0.1) is 0 Å². The molecule has 58 heavy (non-hydrogen) atoms. The molecule has 1 fully saturated rings. The normalized spacial score (nSPS) is 14.8. The van der Waals surface area contributed by atoms with Crippen LogP contribution in [-0.2, 0) is 29.3 Å². The number of piperidine rings is 1. The van der Waals surface area contributed by atoms with Gasteiger partial charge in [0.05, 0.1) is 21.7 Å². The van der Waals surface area contributed by atoms with E-state index in [0.29, 0.717) is 64.1 Å². The predicted molar refractivity (Wildman–Crippen MR) is 213 cm³/mol. The van der Waals surface area contributed by atoms with Crippen molar-refractivity contribution in [3.63, 3.8) is 0 Å². The Morgan fingerprint density at radius 3 is 2.48 bits per heavy atom. The van der Waals surface area contributed by atoms with Crippen molar-refractivity contribution in [2.45, 2.75) is 51.5 Å². The Labute approximate surface area is 338 Å². The smallest absolute Gasteiger partial charge is 0.264 e. The lowest BCUT2D eigenvalue weighted by atomic mass is 10.0. The number of amides is 4. The number of imide groups is 2. The number of nitriles is 1. The molecule has 1 aromatic heterocycles. The number of ether oxygens (including phenoxy) is 2. The van der Waals surface area contributed by atoms with Crippen LogP contribution in [0.15, 0.2) is 97.3 Å². The third kappa shape index (κ3) is 8.83. The molecule has 0 spiro atoms. The molecule has 4 aromatic carbocycles. The highest BCUT2D eigenvalue weighted by atomic mass is 35.5. The summed E-state index contributed by atoms with van der Waals surface area (Å²) in [4.78, 5) is 55.7. The molecule has 12 nitrogen and oxygen atoms in total. The molecule has 7 rings (SSSR count). The fraction of sp³-hybridized carbons (Fsp3) is 0.227. The van der Waals surface area contributed by atoms with E-state index >= 15 is 0 Å². The van der Waals surface area contributed by atoms with Crippen molar-refractivity contribution < 1.29 is 33.0 Å². The number of rotatable bonds is 16. The molecule has 1 unspecified atom stereocenters. The Morgan fingerprint density at radius 2 is 1.66 bits per heavy atom. The van der Waals surface area contributed by atoms with Crippen molar-refractivity contribution in [1.29, 1.82) is 5.26 Å². The number of nitrogens with one attached hydrogen (secondary N) is 3. The number of carbonyl (C=O) groups excluding carboxylic acids is 4. The molecular weight excluding hydrogens is 763 g/mol. The number of fused-ring (bicyclic) bond motifs is 1. The van der Waals surface area contributed by atoms with Crippen LogP contribution in [0.1, 0.15) is 68.7 Å². The summed E-state index contributed by atoms with van der Waals surface area (Å²) in [5, 5.41) is 18.7. The van der Waals surface area contributed by atoms with E-state index in [2.05, 4.69) is 27.0 Å². The molecule has 14 heteroatoms. The molecule has 3 heterocycles. The Hall–Kier alpha value is -6.62. The van der Waals surface area contributed by atoms with Crippen LogP contribution >= 0.6 is 11.6 Å². The number of halogens is 2. The van der Waals surface area contributed by atoms with Gasteiger partial charge < -0.3 is 20.1 Å². The van der Waals surface area contributed by atoms with Crippen molar-refractivity contribution in [1.82, 2.24) is 20.5 Å². The summed E-state index contributed by atoms with van der Waals surface area (Å²) in [6.07, 6.45) is 4.80. The number of pyridine rings is 1. The highest BCUT2D eigenvalue weighted by Crippen LogP contribution is 2.35. The van der Waals surface area contributed by atoms with E-state index in [4.69, 9.17) is 21.1 Å². The maximum atomic E-state index is 14.6. The van der Waals surface area contributed by atoms with E-state index in [-0.39, 0.29) is 43.0 Å². The number of unbranched alkanes of at least 4 members (excludes halogenated alkanes) is 1. The second-order valence-corrected chi connectivity index (χ2v) is 14.2. The zero-order valence-electron chi connectivity index (χ0n) is 31.2. The van der Waals surface area contributed by atoms with Crippen LogP contribution in [0.25, 0.3) is 11.1 Å². The van der Waals surface area contributed by atoms with Gasteiger partial charge in [0, 0.05) is 71.5 Å². The molecule has 2 aliphatic heterocycles. The SMILES string of the molecule is N#Cc1cncc(COc2cc(OCc3cccc(-c4ccccc4F)c3Cl)ccc2CNCCCCNc2cccc3c2C(=O)N(C2CCC(=O)NC2=O)C3=O)c1. The Balaban J connectivity index is 0.951. The second-order valence-electron chi connectivity index (χ2n) is 13.8. The summed E-state index contributed by atoms with van der Waals surface area (Å²) in [6, 6.07) is 25.2. The summed E-state index contributed by atoms with van der Waals surface area (Å²) in [5.74, 6) is -1.43. The van der Waals surface area contributed by atoms with Gasteiger partial charge in [0.1, 0.15) is 42.6 Å². The molecule has 1 atom stereocenters. The third-order valence-electron chi connectivity index (χ3n) is 9.87. The molecule has 1 saturated heterocycles. The van der Waals surface area contributed by atoms with E-state index in [1.165, 1.54) is 12.3 Å². The molecule has 0 bridgehead atoms. The molecular formula is C44H38ClFN6O6. The fourth-order valence-electron chi connectivity index (χ4n) is 6.92. The van der Waals surface area contributed by atoms with Gasteiger partial charge in [-0.25, -0.2) is 4.39 Å². The number of hydrogen-bond acceptors (Lipinski definition) is 10. The molecule has 0 radical (unpaired) electrons. The lowest BCUT2D eigenvalue weighted by Gasteiger charge is -2.27. The van der Waals surface area contributed by atoms with E-state index in [1.54, 1.807) is 60.8 Å². The number of aromatic nitrogens is 1. The maximum absolute atomic E-state index is 14.6. The van der Waals surface area contributed by atoms with Crippen LogP contribution in [0.3, 0.4) is 0 Å². The Kier molecular flexibility index (Phi) is 12.4. The van der Waals surface area contributed by atoms with Gasteiger partial charge in [-0.1, -0.05) is 60.1 Å². The number of anilines is 1. The van der Waals surface area contributed by atoms with Gasteiger partial charge in [0.2, 0.25) is 11.8 Å². The summed E-state index contributed by atoms with van der Waals surface area (Å²) >= 11 is 6.73. The minimum atomic E-state index is -1.03. The van der Waals surface area contributed by atoms with Gasteiger partial charge in [0.25, 0.3) is 11.8 Å². The van der Waals surface area contributed by atoms with Crippen LogP contribution in [0.4, 0.5) is 10.1 Å². The third-order valence-corrected chi connectivity index (χ3v) is 10.3. The topological polar surface area (TPSA) is 163 Å². The van der Waals surface area contributed by atoms with Crippen LogP contribution in [0.5, 0.6) is 11.5 Å². The fourth-order valence-corrected chi connectivity index (χ4v) is 7.20. The van der Waals surface area contributed by atoms with Crippen molar-refractivity contribution in [3.8, 4) is 28.7 Å². The monoisotopic (exact) mass is 800 g/mol. The Bertz CT molecular complexity index is 2440. The van der Waals surface area contributed by atoms with Crippen molar-refractivity contribution in [2.75, 3.05) is 18.4 Å². The second kappa shape index (κ2) is 18.1. The predicted octanol–water partition coefficient (Wildman–Crippen LogP) is 6.95. The lowest BCUT2D eigenvalue weighted by molar-refractivity contribution is -0.136. The zero-order chi connectivity index (χ0) is 40.6. The summed E-state index contributed by atoms with van der Waals surface area (Å²) in [6.45, 7) is 1.98. The summed E-state index contributed by atoms with van der Waals surface area (Å²) in [7, 11) is 0. The first-order valence-electron chi connectivity index (χ1n) is 18.8. The lowest BCUT2D eigenvalue weighted by Crippen LogP contribution is -2.54. The van der Waals surface area contributed by atoms with Gasteiger partial charge in [-0.05, 0) is 56.1 Å². The first kappa shape index (κ1) is 39.6. The minimum absolute atomic E-state index is 0.0540. The molecule has 294 valence electrons. The largest absolute Gasteiger partial charge is 0.489 e. The first-order chi connectivity index (χ1) is 28.2.